The molecule has 1 aromatic carbocycles. The SMILES string of the molecule is CCC1(CNc2cc(Cl)ccc2C#N)CC1. The van der Waals surface area contributed by atoms with E-state index in [1.54, 1.807) is 12.1 Å². The predicted molar refractivity (Wildman–Crippen MR) is 66.6 cm³/mol. The minimum atomic E-state index is 0.467. The van der Waals surface area contributed by atoms with Crippen LogP contribution >= 0.6 is 11.6 Å². The topological polar surface area (TPSA) is 35.8 Å². The van der Waals surface area contributed by atoms with Gasteiger partial charge in [-0.25, -0.2) is 0 Å². The molecule has 0 spiro atoms. The van der Waals surface area contributed by atoms with Gasteiger partial charge in [-0.1, -0.05) is 18.5 Å². The molecule has 0 aromatic heterocycles. The van der Waals surface area contributed by atoms with Crippen LogP contribution in [0.25, 0.3) is 0 Å². The van der Waals surface area contributed by atoms with E-state index in [0.29, 0.717) is 16.0 Å². The van der Waals surface area contributed by atoms with Crippen molar-refractivity contribution in [1.29, 1.82) is 5.26 Å². The van der Waals surface area contributed by atoms with E-state index in [4.69, 9.17) is 16.9 Å². The van der Waals surface area contributed by atoms with Crippen LogP contribution < -0.4 is 5.32 Å². The van der Waals surface area contributed by atoms with Gasteiger partial charge in [-0.2, -0.15) is 5.26 Å². The summed E-state index contributed by atoms with van der Waals surface area (Å²) >= 11 is 5.92. The fraction of sp³-hybridized carbons (Fsp3) is 0.462. The summed E-state index contributed by atoms with van der Waals surface area (Å²) in [7, 11) is 0. The highest BCUT2D eigenvalue weighted by Gasteiger charge is 2.40. The molecule has 0 aliphatic heterocycles. The Bertz CT molecular complexity index is 430. The maximum Gasteiger partial charge on any atom is 0.101 e. The molecule has 0 atom stereocenters. The van der Waals surface area contributed by atoms with Crippen LogP contribution in [-0.4, -0.2) is 6.54 Å². The van der Waals surface area contributed by atoms with E-state index < -0.39 is 0 Å². The summed E-state index contributed by atoms with van der Waals surface area (Å²) in [6.07, 6.45) is 3.78. The molecule has 1 saturated carbocycles. The molecule has 1 aliphatic rings. The first-order valence-corrected chi connectivity index (χ1v) is 6.00. The minimum Gasteiger partial charge on any atom is -0.383 e. The normalized spacial score (nSPS) is 16.6. The zero-order valence-electron chi connectivity index (χ0n) is 9.39. The van der Waals surface area contributed by atoms with Crippen LogP contribution in [0, 0.1) is 16.7 Å². The fourth-order valence-electron chi connectivity index (χ4n) is 1.88. The highest BCUT2D eigenvalue weighted by Crippen LogP contribution is 2.48. The molecule has 3 heteroatoms. The van der Waals surface area contributed by atoms with E-state index in [1.165, 1.54) is 19.3 Å². The number of nitrogens with one attached hydrogen (secondary N) is 1. The Hall–Kier alpha value is -1.20. The Kier molecular flexibility index (Phi) is 3.07. The van der Waals surface area contributed by atoms with Crippen molar-refractivity contribution in [1.82, 2.24) is 0 Å². The maximum atomic E-state index is 8.98. The minimum absolute atomic E-state index is 0.467. The predicted octanol–water partition coefficient (Wildman–Crippen LogP) is 3.81. The summed E-state index contributed by atoms with van der Waals surface area (Å²) in [5.74, 6) is 0. The number of benzene rings is 1. The summed E-state index contributed by atoms with van der Waals surface area (Å²) < 4.78 is 0. The molecular weight excluding hydrogens is 220 g/mol. The first-order chi connectivity index (χ1) is 7.69. The van der Waals surface area contributed by atoms with Crippen LogP contribution in [0.15, 0.2) is 18.2 Å². The summed E-state index contributed by atoms with van der Waals surface area (Å²) in [4.78, 5) is 0. The fourth-order valence-corrected chi connectivity index (χ4v) is 2.05. The van der Waals surface area contributed by atoms with Crippen LogP contribution in [0.3, 0.4) is 0 Å². The molecule has 84 valence electrons. The zero-order valence-corrected chi connectivity index (χ0v) is 10.1. The lowest BCUT2D eigenvalue weighted by Gasteiger charge is -2.15. The van der Waals surface area contributed by atoms with Crippen LogP contribution in [0.1, 0.15) is 31.7 Å². The molecule has 1 aromatic rings. The van der Waals surface area contributed by atoms with Crippen molar-refractivity contribution in [2.75, 3.05) is 11.9 Å². The molecule has 0 heterocycles. The van der Waals surface area contributed by atoms with Gasteiger partial charge in [-0.3, -0.25) is 0 Å². The van der Waals surface area contributed by atoms with Crippen molar-refractivity contribution < 1.29 is 0 Å². The average molecular weight is 235 g/mol. The molecule has 0 unspecified atom stereocenters. The standard InChI is InChI=1S/C13H15ClN2/c1-2-13(5-6-13)9-16-12-7-11(14)4-3-10(12)8-15/h3-4,7,16H,2,5-6,9H2,1H3. The van der Waals surface area contributed by atoms with Crippen molar-refractivity contribution >= 4 is 17.3 Å². The second-order valence-electron chi connectivity index (χ2n) is 4.51. The summed E-state index contributed by atoms with van der Waals surface area (Å²) in [6, 6.07) is 7.51. The van der Waals surface area contributed by atoms with Crippen molar-refractivity contribution in [3.63, 3.8) is 0 Å². The molecule has 0 amide bonds. The molecule has 16 heavy (non-hydrogen) atoms. The maximum absolute atomic E-state index is 8.98. The second-order valence-corrected chi connectivity index (χ2v) is 4.95. The molecule has 1 aliphatic carbocycles. The van der Waals surface area contributed by atoms with E-state index in [1.807, 2.05) is 6.07 Å². The number of rotatable bonds is 4. The van der Waals surface area contributed by atoms with Gasteiger partial charge in [0.25, 0.3) is 0 Å². The second kappa shape index (κ2) is 4.35. The van der Waals surface area contributed by atoms with E-state index in [-0.39, 0.29) is 0 Å². The Morgan fingerprint density at radius 2 is 2.25 bits per heavy atom. The Labute approximate surface area is 101 Å². The van der Waals surface area contributed by atoms with Crippen LogP contribution in [0.2, 0.25) is 5.02 Å². The van der Waals surface area contributed by atoms with Gasteiger partial charge < -0.3 is 5.32 Å². The number of anilines is 1. The van der Waals surface area contributed by atoms with Gasteiger partial charge in [0.05, 0.1) is 11.3 Å². The van der Waals surface area contributed by atoms with Gasteiger partial charge in [-0.15, -0.1) is 0 Å². The number of nitriles is 1. The van der Waals surface area contributed by atoms with Crippen molar-refractivity contribution in [3.05, 3.63) is 28.8 Å². The lowest BCUT2D eigenvalue weighted by Crippen LogP contribution is -2.15. The molecule has 1 fully saturated rings. The van der Waals surface area contributed by atoms with Crippen LogP contribution in [0.5, 0.6) is 0 Å². The summed E-state index contributed by atoms with van der Waals surface area (Å²) in [5, 5.41) is 13.0. The van der Waals surface area contributed by atoms with E-state index in [0.717, 1.165) is 12.2 Å². The molecule has 0 bridgehead atoms. The molecule has 0 saturated heterocycles. The monoisotopic (exact) mass is 234 g/mol. The Balaban J connectivity index is 2.09. The van der Waals surface area contributed by atoms with Gasteiger partial charge in [0.1, 0.15) is 6.07 Å². The molecule has 0 radical (unpaired) electrons. The largest absolute Gasteiger partial charge is 0.383 e. The highest BCUT2D eigenvalue weighted by molar-refractivity contribution is 6.30. The summed E-state index contributed by atoms with van der Waals surface area (Å²) in [6.45, 7) is 3.16. The van der Waals surface area contributed by atoms with Crippen molar-refractivity contribution in [2.45, 2.75) is 26.2 Å². The lowest BCUT2D eigenvalue weighted by molar-refractivity contribution is 0.521. The Morgan fingerprint density at radius 3 is 2.81 bits per heavy atom. The average Bonchev–Trinajstić information content (AvgIpc) is 3.07. The number of hydrogen-bond donors (Lipinski definition) is 1. The van der Waals surface area contributed by atoms with E-state index >= 15 is 0 Å². The van der Waals surface area contributed by atoms with Gasteiger partial charge in [0.2, 0.25) is 0 Å². The first kappa shape index (κ1) is 11.3. The van der Waals surface area contributed by atoms with E-state index in [9.17, 15) is 0 Å². The third kappa shape index (κ3) is 2.31. The van der Waals surface area contributed by atoms with E-state index in [2.05, 4.69) is 18.3 Å². The third-order valence-corrected chi connectivity index (χ3v) is 3.70. The van der Waals surface area contributed by atoms with Crippen molar-refractivity contribution in [3.8, 4) is 6.07 Å². The molecule has 2 nitrogen and oxygen atoms in total. The smallest absolute Gasteiger partial charge is 0.101 e. The first-order valence-electron chi connectivity index (χ1n) is 5.63. The number of halogens is 1. The van der Waals surface area contributed by atoms with Gasteiger partial charge in [0.15, 0.2) is 0 Å². The van der Waals surface area contributed by atoms with Crippen LogP contribution in [-0.2, 0) is 0 Å². The quantitative estimate of drug-likeness (QED) is 0.860. The third-order valence-electron chi connectivity index (χ3n) is 3.46. The van der Waals surface area contributed by atoms with Gasteiger partial charge in [0, 0.05) is 11.6 Å². The van der Waals surface area contributed by atoms with Gasteiger partial charge in [-0.05, 0) is 42.9 Å². The zero-order chi connectivity index (χ0) is 11.6. The lowest BCUT2D eigenvalue weighted by atomic mass is 10.0. The highest BCUT2D eigenvalue weighted by atomic mass is 35.5. The molecular formula is C13H15ClN2. The van der Waals surface area contributed by atoms with Crippen molar-refractivity contribution in [2.24, 2.45) is 5.41 Å². The molecule has 1 N–H and O–H groups in total. The number of hydrogen-bond acceptors (Lipinski definition) is 2. The number of nitrogens with zero attached hydrogens (tertiary/aromatic N) is 1. The summed E-state index contributed by atoms with van der Waals surface area (Å²) in [5.41, 5.74) is 1.99. The van der Waals surface area contributed by atoms with Crippen LogP contribution in [0.4, 0.5) is 5.69 Å². The molecule has 2 rings (SSSR count). The Morgan fingerprint density at radius 1 is 1.50 bits per heavy atom. The van der Waals surface area contributed by atoms with Gasteiger partial charge >= 0.3 is 0 Å².